The van der Waals surface area contributed by atoms with E-state index >= 15 is 0 Å². The third kappa shape index (κ3) is 4.93. The van der Waals surface area contributed by atoms with Gasteiger partial charge in [0, 0.05) is 0 Å². The van der Waals surface area contributed by atoms with E-state index < -0.39 is 24.4 Å². The number of rotatable bonds is 3. The molecule has 7 heteroatoms. The van der Waals surface area contributed by atoms with Crippen molar-refractivity contribution in [1.82, 2.24) is 5.32 Å². The molecule has 1 aromatic rings. The van der Waals surface area contributed by atoms with Gasteiger partial charge in [-0.1, -0.05) is 30.3 Å². The fourth-order valence-electron chi connectivity index (χ4n) is 2.05. The molecule has 1 fully saturated rings. The maximum atomic E-state index is 12.4. The topological polar surface area (TPSA) is 47.6 Å². The largest absolute Gasteiger partial charge is 0.445 e. The maximum Gasteiger partial charge on any atom is 0.414 e. The van der Waals surface area contributed by atoms with Gasteiger partial charge in [-0.3, -0.25) is 0 Å². The number of nitrogens with one attached hydrogen (secondary N) is 1. The maximum absolute atomic E-state index is 12.4. The van der Waals surface area contributed by atoms with E-state index in [4.69, 9.17) is 9.47 Å². The number of hydrogen-bond acceptors (Lipinski definition) is 3. The molecule has 116 valence electrons. The van der Waals surface area contributed by atoms with Gasteiger partial charge >= 0.3 is 12.3 Å². The van der Waals surface area contributed by atoms with Crippen molar-refractivity contribution in [2.45, 2.75) is 37.8 Å². The highest BCUT2D eigenvalue weighted by molar-refractivity contribution is 5.67. The molecule has 21 heavy (non-hydrogen) atoms. The predicted octanol–water partition coefficient (Wildman–Crippen LogP) is 3.02. The minimum Gasteiger partial charge on any atom is -0.445 e. The van der Waals surface area contributed by atoms with Crippen LogP contribution in [0.3, 0.4) is 0 Å². The van der Waals surface area contributed by atoms with E-state index in [0.29, 0.717) is 0 Å². The molecule has 2 unspecified atom stereocenters. The van der Waals surface area contributed by atoms with Crippen molar-refractivity contribution in [3.8, 4) is 0 Å². The molecule has 2 rings (SSSR count). The summed E-state index contributed by atoms with van der Waals surface area (Å²) in [6.45, 7) is -0.0456. The molecule has 1 saturated heterocycles. The third-order valence-electron chi connectivity index (χ3n) is 3.18. The van der Waals surface area contributed by atoms with Gasteiger partial charge in [-0.25, -0.2) is 4.79 Å². The number of hydrogen-bond donors (Lipinski definition) is 1. The number of alkyl carbamates (subject to hydrolysis) is 1. The Morgan fingerprint density at radius 3 is 2.57 bits per heavy atom. The minimum absolute atomic E-state index is 0.116. The van der Waals surface area contributed by atoms with Gasteiger partial charge in [0.25, 0.3) is 0 Å². The van der Waals surface area contributed by atoms with Gasteiger partial charge in [-0.15, -0.1) is 0 Å². The van der Waals surface area contributed by atoms with Gasteiger partial charge in [0.2, 0.25) is 0 Å². The molecule has 0 saturated carbocycles. The molecule has 1 N–H and O–H groups in total. The van der Waals surface area contributed by atoms with Gasteiger partial charge in [-0.2, -0.15) is 13.2 Å². The summed E-state index contributed by atoms with van der Waals surface area (Å²) in [4.78, 5) is 11.6. The zero-order chi connectivity index (χ0) is 15.3. The van der Waals surface area contributed by atoms with E-state index in [9.17, 15) is 18.0 Å². The van der Waals surface area contributed by atoms with Gasteiger partial charge in [0.1, 0.15) is 6.61 Å². The SMILES string of the molecule is O=C(NC1CCC(C(F)(F)F)OC1)OCc1ccccc1. The van der Waals surface area contributed by atoms with Crippen LogP contribution in [0.1, 0.15) is 18.4 Å². The fraction of sp³-hybridized carbons (Fsp3) is 0.500. The van der Waals surface area contributed by atoms with E-state index in [1.54, 1.807) is 0 Å². The Morgan fingerprint density at radius 2 is 2.00 bits per heavy atom. The average molecular weight is 303 g/mol. The number of carbonyl (C=O) groups is 1. The van der Waals surface area contributed by atoms with Gasteiger partial charge in [0.05, 0.1) is 12.6 Å². The van der Waals surface area contributed by atoms with Crippen molar-refractivity contribution in [2.75, 3.05) is 6.61 Å². The lowest BCUT2D eigenvalue weighted by Gasteiger charge is -2.30. The van der Waals surface area contributed by atoms with Crippen molar-refractivity contribution in [3.05, 3.63) is 35.9 Å². The molecular weight excluding hydrogens is 287 g/mol. The molecule has 4 nitrogen and oxygen atoms in total. The summed E-state index contributed by atoms with van der Waals surface area (Å²) in [5.74, 6) is 0. The number of alkyl halides is 3. The first-order valence-electron chi connectivity index (χ1n) is 6.60. The highest BCUT2D eigenvalue weighted by atomic mass is 19.4. The summed E-state index contributed by atoms with van der Waals surface area (Å²) in [6.07, 6.45) is -6.69. The summed E-state index contributed by atoms with van der Waals surface area (Å²) < 4.78 is 46.9. The summed E-state index contributed by atoms with van der Waals surface area (Å²) >= 11 is 0. The molecule has 2 atom stereocenters. The minimum atomic E-state index is -4.35. The fourth-order valence-corrected chi connectivity index (χ4v) is 2.05. The number of amides is 1. The first-order chi connectivity index (χ1) is 9.95. The van der Waals surface area contributed by atoms with E-state index in [1.807, 2.05) is 30.3 Å². The Bertz CT molecular complexity index is 456. The Kier molecular flexibility index (Phi) is 5.06. The number of halogens is 3. The molecular formula is C14H16F3NO3. The smallest absolute Gasteiger partial charge is 0.414 e. The second kappa shape index (κ2) is 6.80. The van der Waals surface area contributed by atoms with E-state index in [1.165, 1.54) is 0 Å². The van der Waals surface area contributed by atoms with Crippen molar-refractivity contribution in [1.29, 1.82) is 0 Å². The van der Waals surface area contributed by atoms with Gasteiger partial charge in [-0.05, 0) is 18.4 Å². The highest BCUT2D eigenvalue weighted by Gasteiger charge is 2.43. The highest BCUT2D eigenvalue weighted by Crippen LogP contribution is 2.29. The van der Waals surface area contributed by atoms with Crippen molar-refractivity contribution >= 4 is 6.09 Å². The van der Waals surface area contributed by atoms with Crippen LogP contribution in [0.5, 0.6) is 0 Å². The molecule has 0 bridgehead atoms. The zero-order valence-corrected chi connectivity index (χ0v) is 11.2. The van der Waals surface area contributed by atoms with Crippen molar-refractivity contribution < 1.29 is 27.4 Å². The van der Waals surface area contributed by atoms with Crippen LogP contribution in [0.25, 0.3) is 0 Å². The number of carbonyl (C=O) groups excluding carboxylic acids is 1. The molecule has 0 spiro atoms. The second-order valence-corrected chi connectivity index (χ2v) is 4.84. The molecule has 1 aliphatic heterocycles. The summed E-state index contributed by atoms with van der Waals surface area (Å²) in [6, 6.07) is 8.66. The van der Waals surface area contributed by atoms with Crippen molar-refractivity contribution in [2.24, 2.45) is 0 Å². The Hall–Kier alpha value is -1.76. The third-order valence-corrected chi connectivity index (χ3v) is 3.18. The van der Waals surface area contributed by atoms with Gasteiger partial charge < -0.3 is 14.8 Å². The van der Waals surface area contributed by atoms with E-state index in [0.717, 1.165) is 5.56 Å². The molecule has 0 aromatic heterocycles. The van der Waals surface area contributed by atoms with Crippen LogP contribution in [0.2, 0.25) is 0 Å². The molecule has 1 aromatic carbocycles. The van der Waals surface area contributed by atoms with E-state index in [-0.39, 0.29) is 26.1 Å². The lowest BCUT2D eigenvalue weighted by atomic mass is 10.1. The van der Waals surface area contributed by atoms with Crippen LogP contribution in [0.4, 0.5) is 18.0 Å². The number of benzene rings is 1. The van der Waals surface area contributed by atoms with Crippen LogP contribution in [0, 0.1) is 0 Å². The Labute approximate surface area is 120 Å². The first-order valence-corrected chi connectivity index (χ1v) is 6.60. The van der Waals surface area contributed by atoms with E-state index in [2.05, 4.69) is 5.32 Å². The molecule has 0 aliphatic carbocycles. The Balaban J connectivity index is 1.70. The summed E-state index contributed by atoms with van der Waals surface area (Å²) in [7, 11) is 0. The van der Waals surface area contributed by atoms with Gasteiger partial charge in [0.15, 0.2) is 6.10 Å². The van der Waals surface area contributed by atoms with Crippen LogP contribution in [-0.2, 0) is 16.1 Å². The Morgan fingerprint density at radius 1 is 1.29 bits per heavy atom. The predicted molar refractivity (Wildman–Crippen MR) is 68.6 cm³/mol. The molecule has 0 radical (unpaired) electrons. The van der Waals surface area contributed by atoms with Crippen LogP contribution in [0.15, 0.2) is 30.3 Å². The normalized spacial score (nSPS) is 22.6. The average Bonchev–Trinajstić information content (AvgIpc) is 2.46. The zero-order valence-electron chi connectivity index (χ0n) is 11.2. The number of ether oxygens (including phenoxy) is 2. The van der Waals surface area contributed by atoms with Crippen LogP contribution in [-0.4, -0.2) is 31.0 Å². The van der Waals surface area contributed by atoms with Crippen LogP contribution >= 0.6 is 0 Å². The standard InChI is InChI=1S/C14H16F3NO3/c15-14(16,17)12-7-6-11(9-20-12)18-13(19)21-8-10-4-2-1-3-5-10/h1-5,11-12H,6-9H2,(H,18,19). The van der Waals surface area contributed by atoms with Crippen LogP contribution < -0.4 is 5.32 Å². The lowest BCUT2D eigenvalue weighted by molar-refractivity contribution is -0.232. The summed E-state index contributed by atoms with van der Waals surface area (Å²) in [5, 5.41) is 2.51. The monoisotopic (exact) mass is 303 g/mol. The lowest BCUT2D eigenvalue weighted by Crippen LogP contribution is -2.46. The summed E-state index contributed by atoms with van der Waals surface area (Å²) in [5.41, 5.74) is 0.838. The molecule has 1 heterocycles. The van der Waals surface area contributed by atoms with Crippen molar-refractivity contribution in [3.63, 3.8) is 0 Å². The first kappa shape index (κ1) is 15.6. The second-order valence-electron chi connectivity index (χ2n) is 4.84. The quantitative estimate of drug-likeness (QED) is 0.933. The molecule has 1 aliphatic rings. The molecule has 1 amide bonds.